The van der Waals surface area contributed by atoms with Gasteiger partial charge in [0.15, 0.2) is 0 Å². The molecule has 0 radical (unpaired) electrons. The van der Waals surface area contributed by atoms with Gasteiger partial charge in [-0.2, -0.15) is 0 Å². The molecule has 0 aliphatic rings. The maximum absolute atomic E-state index is 6.31. The third-order valence-electron chi connectivity index (χ3n) is 5.86. The van der Waals surface area contributed by atoms with Crippen molar-refractivity contribution in [2.75, 3.05) is 0 Å². The van der Waals surface area contributed by atoms with Crippen LogP contribution >= 0.6 is 0 Å². The third-order valence-corrected chi connectivity index (χ3v) is 5.86. The molecule has 0 bridgehead atoms. The third kappa shape index (κ3) is 5.83. The Morgan fingerprint density at radius 2 is 1.47 bits per heavy atom. The first-order chi connectivity index (χ1) is 16.7. The van der Waals surface area contributed by atoms with Crippen LogP contribution in [0.5, 0.6) is 17.2 Å². The molecule has 0 unspecified atom stereocenters. The molecule has 0 saturated carbocycles. The Labute approximate surface area is 202 Å². The second-order valence-electron chi connectivity index (χ2n) is 8.41. The average Bonchev–Trinajstić information content (AvgIpc) is 2.86. The molecule has 1 aromatic heterocycles. The Balaban J connectivity index is 1.61. The molecule has 2 N–H and O–H groups in total. The second-order valence-corrected chi connectivity index (χ2v) is 8.41. The number of nitrogens with zero attached hydrogens (tertiary/aromatic N) is 1. The molecule has 0 atom stereocenters. The highest BCUT2D eigenvalue weighted by Gasteiger charge is 2.18. The fourth-order valence-electron chi connectivity index (χ4n) is 4.08. The zero-order chi connectivity index (χ0) is 23.8. The van der Waals surface area contributed by atoms with Crippen molar-refractivity contribution in [3.05, 3.63) is 119 Å². The monoisotopic (exact) mass is 452 g/mol. The summed E-state index contributed by atoms with van der Waals surface area (Å²) in [6.45, 7) is 5.18. The van der Waals surface area contributed by atoms with Crippen molar-refractivity contribution in [1.82, 2.24) is 4.98 Å². The standard InChI is InChI=1S/C30H32N2O2/c1-3-11-28-30(33-21-23-12-6-4-7-13-23)27(20-31)22(2)29(32-28)19-24-14-10-17-26(18-24)34-25-15-8-5-9-16-25/h4-10,12-18H,3,11,19-21,31H2,1-2H3. The van der Waals surface area contributed by atoms with E-state index in [0.29, 0.717) is 19.6 Å². The molecule has 0 aliphatic carbocycles. The van der Waals surface area contributed by atoms with Crippen molar-refractivity contribution >= 4 is 0 Å². The molecule has 1 heterocycles. The van der Waals surface area contributed by atoms with Gasteiger partial charge >= 0.3 is 0 Å². The lowest BCUT2D eigenvalue weighted by molar-refractivity contribution is 0.297. The first kappa shape index (κ1) is 23.5. The highest BCUT2D eigenvalue weighted by Crippen LogP contribution is 2.31. The van der Waals surface area contributed by atoms with Crippen LogP contribution in [0.25, 0.3) is 0 Å². The van der Waals surface area contributed by atoms with Crippen LogP contribution < -0.4 is 15.2 Å². The van der Waals surface area contributed by atoms with E-state index in [0.717, 1.165) is 63.7 Å². The highest BCUT2D eigenvalue weighted by molar-refractivity contribution is 5.47. The lowest BCUT2D eigenvalue weighted by atomic mass is 9.98. The van der Waals surface area contributed by atoms with Gasteiger partial charge in [-0.15, -0.1) is 0 Å². The van der Waals surface area contributed by atoms with E-state index in [-0.39, 0.29) is 0 Å². The van der Waals surface area contributed by atoms with E-state index >= 15 is 0 Å². The number of hydrogen-bond acceptors (Lipinski definition) is 4. The summed E-state index contributed by atoms with van der Waals surface area (Å²) in [6, 6.07) is 28.2. The molecule has 0 fully saturated rings. The van der Waals surface area contributed by atoms with Crippen molar-refractivity contribution in [1.29, 1.82) is 0 Å². The number of aromatic nitrogens is 1. The van der Waals surface area contributed by atoms with E-state index < -0.39 is 0 Å². The highest BCUT2D eigenvalue weighted by atomic mass is 16.5. The van der Waals surface area contributed by atoms with Gasteiger partial charge in [0.05, 0.1) is 5.69 Å². The number of ether oxygens (including phenoxy) is 2. The minimum Gasteiger partial charge on any atom is -0.487 e. The Hall–Kier alpha value is -3.63. The molecular weight excluding hydrogens is 420 g/mol. The number of hydrogen-bond donors (Lipinski definition) is 1. The summed E-state index contributed by atoms with van der Waals surface area (Å²) >= 11 is 0. The predicted molar refractivity (Wildman–Crippen MR) is 137 cm³/mol. The summed E-state index contributed by atoms with van der Waals surface area (Å²) in [7, 11) is 0. The van der Waals surface area contributed by atoms with Gasteiger partial charge in [0.1, 0.15) is 23.9 Å². The number of pyridine rings is 1. The maximum Gasteiger partial charge on any atom is 0.146 e. The van der Waals surface area contributed by atoms with Crippen molar-refractivity contribution in [3.8, 4) is 17.2 Å². The SMILES string of the molecule is CCCc1nc(Cc2cccc(Oc3ccccc3)c2)c(C)c(CN)c1OCc1ccccc1. The smallest absolute Gasteiger partial charge is 0.146 e. The van der Waals surface area contributed by atoms with E-state index in [4.69, 9.17) is 20.2 Å². The number of nitrogens with two attached hydrogens (primary N) is 1. The van der Waals surface area contributed by atoms with Gasteiger partial charge in [0.25, 0.3) is 0 Å². The van der Waals surface area contributed by atoms with Gasteiger partial charge in [-0.05, 0) is 54.3 Å². The number of rotatable bonds is 10. The van der Waals surface area contributed by atoms with Crippen LogP contribution in [0.15, 0.2) is 84.9 Å². The Kier molecular flexibility index (Phi) is 7.95. The summed E-state index contributed by atoms with van der Waals surface area (Å²) < 4.78 is 12.3. The minimum atomic E-state index is 0.416. The summed E-state index contributed by atoms with van der Waals surface area (Å²) in [4.78, 5) is 5.07. The van der Waals surface area contributed by atoms with Crippen molar-refractivity contribution < 1.29 is 9.47 Å². The predicted octanol–water partition coefficient (Wildman–Crippen LogP) is 6.76. The molecule has 4 heteroatoms. The minimum absolute atomic E-state index is 0.416. The normalized spacial score (nSPS) is 10.8. The molecule has 174 valence electrons. The number of aryl methyl sites for hydroxylation is 1. The van der Waals surface area contributed by atoms with Crippen molar-refractivity contribution in [3.63, 3.8) is 0 Å². The summed E-state index contributed by atoms with van der Waals surface area (Å²) in [5, 5.41) is 0. The lowest BCUT2D eigenvalue weighted by Crippen LogP contribution is -2.12. The second kappa shape index (κ2) is 11.5. The van der Waals surface area contributed by atoms with Crippen LogP contribution in [0.4, 0.5) is 0 Å². The zero-order valence-corrected chi connectivity index (χ0v) is 20.0. The molecule has 0 amide bonds. The summed E-state index contributed by atoms with van der Waals surface area (Å²) in [5.74, 6) is 2.48. The number of para-hydroxylation sites is 1. The van der Waals surface area contributed by atoms with E-state index in [2.05, 4.69) is 38.1 Å². The topological polar surface area (TPSA) is 57.4 Å². The first-order valence-electron chi connectivity index (χ1n) is 11.9. The van der Waals surface area contributed by atoms with Gasteiger partial charge in [0.2, 0.25) is 0 Å². The fourth-order valence-corrected chi connectivity index (χ4v) is 4.08. The molecular formula is C30H32N2O2. The van der Waals surface area contributed by atoms with E-state index in [9.17, 15) is 0 Å². The van der Waals surface area contributed by atoms with E-state index in [1.165, 1.54) is 0 Å². The van der Waals surface area contributed by atoms with E-state index in [1.807, 2.05) is 60.7 Å². The Morgan fingerprint density at radius 3 is 2.18 bits per heavy atom. The van der Waals surface area contributed by atoms with Crippen molar-refractivity contribution in [2.45, 2.75) is 46.3 Å². The van der Waals surface area contributed by atoms with Crippen LogP contribution in [-0.2, 0) is 26.0 Å². The first-order valence-corrected chi connectivity index (χ1v) is 11.9. The van der Waals surface area contributed by atoms with Crippen LogP contribution in [0.2, 0.25) is 0 Å². The van der Waals surface area contributed by atoms with Gasteiger partial charge in [-0.1, -0.05) is 74.0 Å². The maximum atomic E-state index is 6.31. The summed E-state index contributed by atoms with van der Waals surface area (Å²) in [5.41, 5.74) is 12.7. The molecule has 0 saturated heterocycles. The Bertz CT molecular complexity index is 1210. The van der Waals surface area contributed by atoms with Crippen LogP contribution in [0.3, 0.4) is 0 Å². The van der Waals surface area contributed by atoms with Crippen LogP contribution in [0, 0.1) is 6.92 Å². The average molecular weight is 453 g/mol. The Morgan fingerprint density at radius 1 is 0.794 bits per heavy atom. The molecule has 0 spiro atoms. The fraction of sp³-hybridized carbons (Fsp3) is 0.233. The largest absolute Gasteiger partial charge is 0.487 e. The molecule has 4 rings (SSSR count). The molecule has 34 heavy (non-hydrogen) atoms. The molecule has 4 aromatic rings. The molecule has 3 aromatic carbocycles. The van der Waals surface area contributed by atoms with Gasteiger partial charge in [-0.3, -0.25) is 4.98 Å². The quantitative estimate of drug-likeness (QED) is 0.289. The van der Waals surface area contributed by atoms with Gasteiger partial charge in [-0.25, -0.2) is 0 Å². The van der Waals surface area contributed by atoms with Crippen molar-refractivity contribution in [2.24, 2.45) is 5.73 Å². The molecule has 0 aliphatic heterocycles. The van der Waals surface area contributed by atoms with Gasteiger partial charge < -0.3 is 15.2 Å². The van der Waals surface area contributed by atoms with Crippen LogP contribution in [-0.4, -0.2) is 4.98 Å². The summed E-state index contributed by atoms with van der Waals surface area (Å²) in [6.07, 6.45) is 2.55. The molecule has 4 nitrogen and oxygen atoms in total. The lowest BCUT2D eigenvalue weighted by Gasteiger charge is -2.20. The zero-order valence-electron chi connectivity index (χ0n) is 20.0. The van der Waals surface area contributed by atoms with E-state index in [1.54, 1.807) is 0 Å². The van der Waals surface area contributed by atoms with Gasteiger partial charge in [0, 0.05) is 24.2 Å². The van der Waals surface area contributed by atoms with Crippen LogP contribution in [0.1, 0.15) is 47.0 Å². The number of benzene rings is 3.